The quantitative estimate of drug-likeness (QED) is 0.579. The molecule has 0 aromatic heterocycles. The fourth-order valence-electron chi connectivity index (χ4n) is 1.67. The molecule has 0 heterocycles. The standard InChI is InChI=1S/C11H25NO/c1-5-7-11(8-6-2)12(3)9-10-13-4/h11H,5-10H2,1-4H3. The fraction of sp³-hybridized carbons (Fsp3) is 1.00. The first kappa shape index (κ1) is 12.9. The number of nitrogens with zero attached hydrogens (tertiary/aromatic N) is 1. The highest BCUT2D eigenvalue weighted by molar-refractivity contribution is 4.67. The molecule has 0 aliphatic rings. The number of methoxy groups -OCH3 is 1. The van der Waals surface area contributed by atoms with Crippen molar-refractivity contribution in [3.63, 3.8) is 0 Å². The smallest absolute Gasteiger partial charge is 0.0589 e. The summed E-state index contributed by atoms with van der Waals surface area (Å²) in [6, 6.07) is 0.755. The molecule has 0 fully saturated rings. The van der Waals surface area contributed by atoms with Crippen molar-refractivity contribution >= 4 is 0 Å². The topological polar surface area (TPSA) is 12.5 Å². The van der Waals surface area contributed by atoms with Crippen LogP contribution in [0.2, 0.25) is 0 Å². The van der Waals surface area contributed by atoms with Gasteiger partial charge >= 0.3 is 0 Å². The molecule has 0 spiro atoms. The molecule has 0 unspecified atom stereocenters. The zero-order valence-electron chi connectivity index (χ0n) is 9.68. The molecule has 0 rings (SSSR count). The molecule has 13 heavy (non-hydrogen) atoms. The summed E-state index contributed by atoms with van der Waals surface area (Å²) in [5, 5.41) is 0. The second kappa shape index (κ2) is 8.52. The largest absolute Gasteiger partial charge is 0.383 e. The molecule has 2 heteroatoms. The van der Waals surface area contributed by atoms with Gasteiger partial charge in [-0.15, -0.1) is 0 Å². The van der Waals surface area contributed by atoms with Crippen molar-refractivity contribution in [1.29, 1.82) is 0 Å². The lowest BCUT2D eigenvalue weighted by molar-refractivity contribution is 0.131. The third kappa shape index (κ3) is 6.05. The van der Waals surface area contributed by atoms with Crippen LogP contribution in [0.25, 0.3) is 0 Å². The van der Waals surface area contributed by atoms with Crippen molar-refractivity contribution in [1.82, 2.24) is 4.90 Å². The first-order chi connectivity index (χ1) is 6.26. The molecule has 0 aliphatic carbocycles. The summed E-state index contributed by atoms with van der Waals surface area (Å²) in [5.74, 6) is 0. The van der Waals surface area contributed by atoms with Gasteiger partial charge < -0.3 is 9.64 Å². The van der Waals surface area contributed by atoms with Gasteiger partial charge in [0.1, 0.15) is 0 Å². The molecular formula is C11H25NO. The number of rotatable bonds is 8. The van der Waals surface area contributed by atoms with Gasteiger partial charge in [-0.05, 0) is 19.9 Å². The number of hydrogen-bond acceptors (Lipinski definition) is 2. The average Bonchev–Trinajstić information content (AvgIpc) is 2.14. The van der Waals surface area contributed by atoms with Crippen LogP contribution in [0.5, 0.6) is 0 Å². The summed E-state index contributed by atoms with van der Waals surface area (Å²) in [6.45, 7) is 6.42. The van der Waals surface area contributed by atoms with Crippen LogP contribution in [-0.2, 0) is 4.74 Å². The van der Waals surface area contributed by atoms with E-state index in [9.17, 15) is 0 Å². The van der Waals surface area contributed by atoms with Crippen molar-refractivity contribution in [2.45, 2.75) is 45.6 Å². The van der Waals surface area contributed by atoms with E-state index in [1.165, 1.54) is 25.7 Å². The van der Waals surface area contributed by atoms with Crippen molar-refractivity contribution in [2.24, 2.45) is 0 Å². The van der Waals surface area contributed by atoms with E-state index in [0.29, 0.717) is 0 Å². The Bertz CT molecular complexity index is 100. The SMILES string of the molecule is CCCC(CCC)N(C)CCOC. The van der Waals surface area contributed by atoms with E-state index in [2.05, 4.69) is 25.8 Å². The normalized spacial score (nSPS) is 11.5. The van der Waals surface area contributed by atoms with Crippen LogP contribution in [0.1, 0.15) is 39.5 Å². The lowest BCUT2D eigenvalue weighted by atomic mass is 10.1. The summed E-state index contributed by atoms with van der Waals surface area (Å²) in [6.07, 6.45) is 5.19. The summed E-state index contributed by atoms with van der Waals surface area (Å²) >= 11 is 0. The summed E-state index contributed by atoms with van der Waals surface area (Å²) in [5.41, 5.74) is 0. The van der Waals surface area contributed by atoms with E-state index in [0.717, 1.165) is 19.2 Å². The van der Waals surface area contributed by atoms with Gasteiger partial charge in [0.15, 0.2) is 0 Å². The number of ether oxygens (including phenoxy) is 1. The first-order valence-electron chi connectivity index (χ1n) is 5.45. The molecule has 0 amide bonds. The molecular weight excluding hydrogens is 162 g/mol. The minimum absolute atomic E-state index is 0.755. The second-order valence-corrected chi connectivity index (χ2v) is 3.70. The van der Waals surface area contributed by atoms with Crippen molar-refractivity contribution < 1.29 is 4.74 Å². The Morgan fingerprint density at radius 2 is 1.69 bits per heavy atom. The van der Waals surface area contributed by atoms with Crippen LogP contribution in [-0.4, -0.2) is 38.3 Å². The Hall–Kier alpha value is -0.0800. The Morgan fingerprint density at radius 3 is 2.08 bits per heavy atom. The molecule has 0 bridgehead atoms. The average molecular weight is 187 g/mol. The van der Waals surface area contributed by atoms with E-state index < -0.39 is 0 Å². The highest BCUT2D eigenvalue weighted by Gasteiger charge is 2.11. The van der Waals surface area contributed by atoms with E-state index in [1.807, 2.05) is 0 Å². The maximum Gasteiger partial charge on any atom is 0.0589 e. The maximum absolute atomic E-state index is 5.08. The van der Waals surface area contributed by atoms with Gasteiger partial charge in [-0.25, -0.2) is 0 Å². The Morgan fingerprint density at radius 1 is 1.15 bits per heavy atom. The molecule has 0 saturated heterocycles. The Labute approximate surface area is 83.3 Å². The van der Waals surface area contributed by atoms with Gasteiger partial charge in [0.05, 0.1) is 6.61 Å². The zero-order chi connectivity index (χ0) is 10.1. The van der Waals surface area contributed by atoms with Gasteiger partial charge in [0.25, 0.3) is 0 Å². The maximum atomic E-state index is 5.08. The molecule has 0 aromatic carbocycles. The number of hydrogen-bond donors (Lipinski definition) is 0. The summed E-state index contributed by atoms with van der Waals surface area (Å²) < 4.78 is 5.08. The van der Waals surface area contributed by atoms with Gasteiger partial charge in [-0.2, -0.15) is 0 Å². The van der Waals surface area contributed by atoms with Gasteiger partial charge in [0, 0.05) is 19.7 Å². The number of likely N-dealkylation sites (N-methyl/N-ethyl adjacent to an activating group) is 1. The van der Waals surface area contributed by atoms with Crippen molar-refractivity contribution in [2.75, 3.05) is 27.3 Å². The molecule has 0 aromatic rings. The van der Waals surface area contributed by atoms with Crippen LogP contribution in [0.3, 0.4) is 0 Å². The lowest BCUT2D eigenvalue weighted by Gasteiger charge is -2.27. The molecule has 0 N–H and O–H groups in total. The summed E-state index contributed by atoms with van der Waals surface area (Å²) in [4.78, 5) is 2.43. The van der Waals surface area contributed by atoms with Crippen LogP contribution < -0.4 is 0 Å². The van der Waals surface area contributed by atoms with Crippen LogP contribution in [0, 0.1) is 0 Å². The highest BCUT2D eigenvalue weighted by atomic mass is 16.5. The molecule has 2 nitrogen and oxygen atoms in total. The highest BCUT2D eigenvalue weighted by Crippen LogP contribution is 2.10. The van der Waals surface area contributed by atoms with Crippen LogP contribution >= 0.6 is 0 Å². The zero-order valence-corrected chi connectivity index (χ0v) is 9.68. The molecule has 0 radical (unpaired) electrons. The van der Waals surface area contributed by atoms with Gasteiger partial charge in [-0.3, -0.25) is 0 Å². The predicted molar refractivity (Wildman–Crippen MR) is 58.1 cm³/mol. The minimum Gasteiger partial charge on any atom is -0.383 e. The second-order valence-electron chi connectivity index (χ2n) is 3.70. The molecule has 0 saturated carbocycles. The fourth-order valence-corrected chi connectivity index (χ4v) is 1.67. The van der Waals surface area contributed by atoms with Crippen molar-refractivity contribution in [3.8, 4) is 0 Å². The Balaban J connectivity index is 3.72. The molecule has 0 aliphatic heterocycles. The van der Waals surface area contributed by atoms with E-state index in [4.69, 9.17) is 4.74 Å². The van der Waals surface area contributed by atoms with Gasteiger partial charge in [-0.1, -0.05) is 26.7 Å². The van der Waals surface area contributed by atoms with E-state index in [-0.39, 0.29) is 0 Å². The van der Waals surface area contributed by atoms with E-state index in [1.54, 1.807) is 7.11 Å². The minimum atomic E-state index is 0.755. The molecule has 0 atom stereocenters. The Kier molecular flexibility index (Phi) is 8.46. The lowest BCUT2D eigenvalue weighted by Crippen LogP contribution is -2.34. The predicted octanol–water partition coefficient (Wildman–Crippen LogP) is 2.53. The molecule has 80 valence electrons. The monoisotopic (exact) mass is 187 g/mol. The first-order valence-corrected chi connectivity index (χ1v) is 5.45. The van der Waals surface area contributed by atoms with Crippen LogP contribution in [0.15, 0.2) is 0 Å². The van der Waals surface area contributed by atoms with Crippen LogP contribution in [0.4, 0.5) is 0 Å². The third-order valence-corrected chi connectivity index (χ3v) is 2.52. The third-order valence-electron chi connectivity index (χ3n) is 2.52. The van der Waals surface area contributed by atoms with Crippen molar-refractivity contribution in [3.05, 3.63) is 0 Å². The summed E-state index contributed by atoms with van der Waals surface area (Å²) in [7, 11) is 3.97. The van der Waals surface area contributed by atoms with E-state index >= 15 is 0 Å². The van der Waals surface area contributed by atoms with Gasteiger partial charge in [0.2, 0.25) is 0 Å².